The van der Waals surface area contributed by atoms with Crippen molar-refractivity contribution in [2.24, 2.45) is 5.92 Å². The molecule has 0 bridgehead atoms. The zero-order valence-electron chi connectivity index (χ0n) is 9.18. The molecule has 0 saturated heterocycles. The van der Waals surface area contributed by atoms with Crippen molar-refractivity contribution >= 4 is 11.7 Å². The molecule has 0 aliphatic heterocycles. The Morgan fingerprint density at radius 2 is 1.93 bits per heavy atom. The number of Topliss-reactive ketones (excluding diaryl/α,β-unsaturated/α-hetero) is 1. The van der Waals surface area contributed by atoms with Crippen molar-refractivity contribution < 1.29 is 9.59 Å². The van der Waals surface area contributed by atoms with Gasteiger partial charge in [-0.2, -0.15) is 0 Å². The molecule has 1 rings (SSSR count). The van der Waals surface area contributed by atoms with E-state index in [0.717, 1.165) is 0 Å². The van der Waals surface area contributed by atoms with Crippen LogP contribution in [0.5, 0.6) is 0 Å². The van der Waals surface area contributed by atoms with Crippen molar-refractivity contribution in [1.82, 2.24) is 10.6 Å². The summed E-state index contributed by atoms with van der Waals surface area (Å²) in [5.74, 6) is 0.208. The second kappa shape index (κ2) is 3.69. The number of ketones is 1. The van der Waals surface area contributed by atoms with Gasteiger partial charge in [-0.05, 0) is 19.9 Å². The standard InChI is InChI=1S/C10H18N2O2/c1-6(2)10(5-8(10)13)12-9(14)7(3)11-4/h6-7,11H,5H2,1-4H3,(H,12,14)/t7-,10?/m0/s1. The maximum absolute atomic E-state index is 11.6. The fourth-order valence-corrected chi connectivity index (χ4v) is 1.45. The normalized spacial score (nSPS) is 27.6. The van der Waals surface area contributed by atoms with Gasteiger partial charge in [-0.3, -0.25) is 9.59 Å². The summed E-state index contributed by atoms with van der Waals surface area (Å²) in [6, 6.07) is -0.251. The molecule has 0 aromatic carbocycles. The number of nitrogens with one attached hydrogen (secondary N) is 2. The van der Waals surface area contributed by atoms with Crippen molar-refractivity contribution in [3.8, 4) is 0 Å². The van der Waals surface area contributed by atoms with Gasteiger partial charge >= 0.3 is 0 Å². The van der Waals surface area contributed by atoms with Crippen LogP contribution in [-0.4, -0.2) is 30.3 Å². The van der Waals surface area contributed by atoms with Crippen LogP contribution in [0.25, 0.3) is 0 Å². The highest BCUT2D eigenvalue weighted by Gasteiger charge is 2.57. The summed E-state index contributed by atoms with van der Waals surface area (Å²) in [6.45, 7) is 5.68. The molecule has 1 fully saturated rings. The lowest BCUT2D eigenvalue weighted by Crippen LogP contribution is -2.49. The number of hydrogen-bond acceptors (Lipinski definition) is 3. The minimum Gasteiger partial charge on any atom is -0.342 e. The molecule has 80 valence electrons. The van der Waals surface area contributed by atoms with Gasteiger partial charge in [0, 0.05) is 6.42 Å². The molecule has 4 heteroatoms. The van der Waals surface area contributed by atoms with E-state index in [-0.39, 0.29) is 23.7 Å². The summed E-state index contributed by atoms with van der Waals surface area (Å²) in [4.78, 5) is 22.8. The van der Waals surface area contributed by atoms with Gasteiger partial charge in [0.2, 0.25) is 5.91 Å². The van der Waals surface area contributed by atoms with Crippen molar-refractivity contribution in [3.05, 3.63) is 0 Å². The van der Waals surface area contributed by atoms with Gasteiger partial charge in [-0.25, -0.2) is 0 Å². The highest BCUT2D eigenvalue weighted by Crippen LogP contribution is 2.37. The summed E-state index contributed by atoms with van der Waals surface area (Å²) in [5, 5.41) is 5.66. The van der Waals surface area contributed by atoms with E-state index in [1.54, 1.807) is 14.0 Å². The first-order valence-electron chi connectivity index (χ1n) is 4.96. The van der Waals surface area contributed by atoms with E-state index in [2.05, 4.69) is 10.6 Å². The Kier molecular flexibility index (Phi) is 2.95. The van der Waals surface area contributed by atoms with Crippen LogP contribution < -0.4 is 10.6 Å². The summed E-state index contributed by atoms with van der Waals surface area (Å²) in [5.41, 5.74) is -0.567. The van der Waals surface area contributed by atoms with Crippen LogP contribution in [0.15, 0.2) is 0 Å². The average Bonchev–Trinajstić information content (AvgIpc) is 2.76. The fraction of sp³-hybridized carbons (Fsp3) is 0.800. The number of likely N-dealkylation sites (N-methyl/N-ethyl adjacent to an activating group) is 1. The molecule has 0 spiro atoms. The van der Waals surface area contributed by atoms with E-state index < -0.39 is 5.54 Å². The van der Waals surface area contributed by atoms with Gasteiger partial charge in [0.15, 0.2) is 5.78 Å². The molecule has 0 aromatic rings. The first kappa shape index (κ1) is 11.2. The first-order valence-corrected chi connectivity index (χ1v) is 4.96. The summed E-state index contributed by atoms with van der Waals surface area (Å²) in [6.07, 6.45) is 0.479. The lowest BCUT2D eigenvalue weighted by Gasteiger charge is -2.21. The number of rotatable bonds is 4. The first-order chi connectivity index (χ1) is 6.44. The Morgan fingerprint density at radius 3 is 2.21 bits per heavy atom. The van der Waals surface area contributed by atoms with Gasteiger partial charge in [0.25, 0.3) is 0 Å². The smallest absolute Gasteiger partial charge is 0.237 e. The van der Waals surface area contributed by atoms with Crippen LogP contribution in [0.4, 0.5) is 0 Å². The molecule has 0 aromatic heterocycles. The van der Waals surface area contributed by atoms with Crippen molar-refractivity contribution in [1.29, 1.82) is 0 Å². The Labute approximate surface area is 84.4 Å². The molecule has 0 heterocycles. The van der Waals surface area contributed by atoms with Gasteiger partial charge in [0.1, 0.15) is 5.54 Å². The van der Waals surface area contributed by atoms with Gasteiger partial charge < -0.3 is 10.6 Å². The number of carbonyl (C=O) groups excluding carboxylic acids is 2. The summed E-state index contributed by atoms with van der Waals surface area (Å²) < 4.78 is 0. The second-order valence-electron chi connectivity index (χ2n) is 4.23. The monoisotopic (exact) mass is 198 g/mol. The van der Waals surface area contributed by atoms with Gasteiger partial charge in [0.05, 0.1) is 6.04 Å². The molecule has 1 saturated carbocycles. The third kappa shape index (κ3) is 1.80. The number of hydrogen-bond donors (Lipinski definition) is 2. The molecule has 0 radical (unpaired) electrons. The molecular weight excluding hydrogens is 180 g/mol. The van der Waals surface area contributed by atoms with Crippen molar-refractivity contribution in [2.75, 3.05) is 7.05 Å². The van der Waals surface area contributed by atoms with E-state index in [9.17, 15) is 9.59 Å². The summed E-state index contributed by atoms with van der Waals surface area (Å²) >= 11 is 0. The maximum atomic E-state index is 11.6. The minimum absolute atomic E-state index is 0.105. The zero-order valence-corrected chi connectivity index (χ0v) is 9.18. The minimum atomic E-state index is -0.567. The van der Waals surface area contributed by atoms with Crippen LogP contribution >= 0.6 is 0 Å². The Hall–Kier alpha value is -0.900. The fourth-order valence-electron chi connectivity index (χ4n) is 1.45. The largest absolute Gasteiger partial charge is 0.342 e. The predicted molar refractivity (Wildman–Crippen MR) is 53.9 cm³/mol. The average molecular weight is 198 g/mol. The maximum Gasteiger partial charge on any atom is 0.237 e. The van der Waals surface area contributed by atoms with E-state index in [1.807, 2.05) is 13.8 Å². The second-order valence-corrected chi connectivity index (χ2v) is 4.23. The van der Waals surface area contributed by atoms with Crippen LogP contribution in [-0.2, 0) is 9.59 Å². The molecule has 1 aliphatic rings. The Morgan fingerprint density at radius 1 is 1.43 bits per heavy atom. The quantitative estimate of drug-likeness (QED) is 0.672. The lowest BCUT2D eigenvalue weighted by atomic mass is 10.0. The SMILES string of the molecule is CN[C@@H](C)C(=O)NC1(C(C)C)CC1=O. The van der Waals surface area contributed by atoms with Crippen LogP contribution in [0.2, 0.25) is 0 Å². The molecule has 1 unspecified atom stereocenters. The predicted octanol–water partition coefficient (Wildman–Crippen LogP) is 0.0781. The molecule has 4 nitrogen and oxygen atoms in total. The zero-order chi connectivity index (χ0) is 10.9. The van der Waals surface area contributed by atoms with Crippen LogP contribution in [0.1, 0.15) is 27.2 Å². The molecule has 14 heavy (non-hydrogen) atoms. The number of amides is 1. The van der Waals surface area contributed by atoms with E-state index in [4.69, 9.17) is 0 Å². The topological polar surface area (TPSA) is 58.2 Å². The van der Waals surface area contributed by atoms with Crippen molar-refractivity contribution in [2.45, 2.75) is 38.8 Å². The molecule has 1 aliphatic carbocycles. The lowest BCUT2D eigenvalue weighted by molar-refractivity contribution is -0.125. The molecule has 2 N–H and O–H groups in total. The van der Waals surface area contributed by atoms with Crippen molar-refractivity contribution in [3.63, 3.8) is 0 Å². The molecule has 2 atom stereocenters. The van der Waals surface area contributed by atoms with E-state index in [1.165, 1.54) is 0 Å². The third-order valence-electron chi connectivity index (χ3n) is 2.97. The highest BCUT2D eigenvalue weighted by molar-refractivity contribution is 6.08. The van der Waals surface area contributed by atoms with Gasteiger partial charge in [-0.1, -0.05) is 13.8 Å². The Balaban J connectivity index is 2.60. The third-order valence-corrected chi connectivity index (χ3v) is 2.97. The van der Waals surface area contributed by atoms with E-state index in [0.29, 0.717) is 6.42 Å². The van der Waals surface area contributed by atoms with Crippen LogP contribution in [0.3, 0.4) is 0 Å². The van der Waals surface area contributed by atoms with Gasteiger partial charge in [-0.15, -0.1) is 0 Å². The Bertz CT molecular complexity index is 263. The van der Waals surface area contributed by atoms with Crippen LogP contribution in [0, 0.1) is 5.92 Å². The highest BCUT2D eigenvalue weighted by atomic mass is 16.2. The summed E-state index contributed by atoms with van der Waals surface area (Å²) in [7, 11) is 1.72. The molecular formula is C10H18N2O2. The number of carbonyl (C=O) groups is 2. The van der Waals surface area contributed by atoms with E-state index >= 15 is 0 Å². The molecule has 1 amide bonds.